The van der Waals surface area contributed by atoms with E-state index in [1.165, 1.54) is 0 Å². The number of carbonyl (C=O) groups is 2. The van der Waals surface area contributed by atoms with Gasteiger partial charge in [0.1, 0.15) is 5.75 Å². The van der Waals surface area contributed by atoms with Crippen molar-refractivity contribution in [3.8, 4) is 5.75 Å². The molecule has 2 unspecified atom stereocenters. The molecule has 2 amide bonds. The number of benzene rings is 1. The first kappa shape index (κ1) is 23.4. The highest BCUT2D eigenvalue weighted by molar-refractivity contribution is 5.85. The van der Waals surface area contributed by atoms with Gasteiger partial charge in [-0.15, -0.1) is 12.4 Å². The summed E-state index contributed by atoms with van der Waals surface area (Å²) in [7, 11) is 1.64. The zero-order valence-corrected chi connectivity index (χ0v) is 17.9. The molecule has 2 heterocycles. The minimum Gasteiger partial charge on any atom is -0.497 e. The van der Waals surface area contributed by atoms with Crippen LogP contribution in [0.3, 0.4) is 0 Å². The molecular weight excluding hydrogens is 392 g/mol. The number of likely N-dealkylation sites (tertiary alicyclic amines) is 1. The zero-order valence-electron chi connectivity index (χ0n) is 17.1. The number of ether oxygens (including phenoxy) is 1. The van der Waals surface area contributed by atoms with E-state index in [2.05, 4.69) is 20.9 Å². The fourth-order valence-corrected chi connectivity index (χ4v) is 3.94. The lowest BCUT2D eigenvalue weighted by atomic mass is 9.98. The Bertz CT molecular complexity index is 650. The van der Waals surface area contributed by atoms with E-state index in [-0.39, 0.29) is 30.3 Å². The maximum absolute atomic E-state index is 12.3. The number of carbonyl (C=O) groups excluding carboxylic acids is 2. The number of hydrogen-bond acceptors (Lipinski definition) is 5. The molecule has 0 aliphatic carbocycles. The van der Waals surface area contributed by atoms with Crippen molar-refractivity contribution in [2.24, 2.45) is 5.92 Å². The van der Waals surface area contributed by atoms with E-state index in [0.717, 1.165) is 56.6 Å². The molecule has 7 nitrogen and oxygen atoms in total. The quantitative estimate of drug-likeness (QED) is 0.586. The van der Waals surface area contributed by atoms with E-state index in [1.54, 1.807) is 7.11 Å². The molecule has 3 rings (SSSR count). The van der Waals surface area contributed by atoms with Gasteiger partial charge in [0.2, 0.25) is 11.8 Å². The molecule has 0 spiro atoms. The molecular formula is C21H33ClN4O3. The van der Waals surface area contributed by atoms with Crippen LogP contribution in [0.1, 0.15) is 31.2 Å². The summed E-state index contributed by atoms with van der Waals surface area (Å²) < 4.78 is 5.15. The number of halogens is 1. The minimum atomic E-state index is -0.0246. The Morgan fingerprint density at radius 1 is 1.17 bits per heavy atom. The van der Waals surface area contributed by atoms with Crippen molar-refractivity contribution in [1.82, 2.24) is 20.9 Å². The van der Waals surface area contributed by atoms with Gasteiger partial charge in [-0.05, 0) is 62.4 Å². The molecule has 2 fully saturated rings. The van der Waals surface area contributed by atoms with Crippen molar-refractivity contribution >= 4 is 24.2 Å². The lowest BCUT2D eigenvalue weighted by Crippen LogP contribution is -2.47. The fourth-order valence-electron chi connectivity index (χ4n) is 3.94. The number of rotatable bonds is 8. The van der Waals surface area contributed by atoms with Crippen molar-refractivity contribution in [1.29, 1.82) is 0 Å². The largest absolute Gasteiger partial charge is 0.497 e. The molecule has 8 heteroatoms. The molecule has 2 aliphatic rings. The predicted octanol–water partition coefficient (Wildman–Crippen LogP) is 1.31. The van der Waals surface area contributed by atoms with Gasteiger partial charge in [0.25, 0.3) is 0 Å². The van der Waals surface area contributed by atoms with Crippen molar-refractivity contribution in [2.75, 3.05) is 39.8 Å². The van der Waals surface area contributed by atoms with Crippen LogP contribution >= 0.6 is 12.4 Å². The lowest BCUT2D eigenvalue weighted by Gasteiger charge is -2.32. The van der Waals surface area contributed by atoms with Gasteiger partial charge in [0.05, 0.1) is 19.7 Å². The van der Waals surface area contributed by atoms with Crippen molar-refractivity contribution in [2.45, 2.75) is 38.3 Å². The topological polar surface area (TPSA) is 82.7 Å². The molecule has 2 saturated heterocycles. The van der Waals surface area contributed by atoms with Crippen LogP contribution in [0.15, 0.2) is 24.3 Å². The molecule has 162 valence electrons. The normalized spacial score (nSPS) is 21.8. The summed E-state index contributed by atoms with van der Waals surface area (Å²) in [5, 5.41) is 9.30. The Hall–Kier alpha value is -1.83. The average molecular weight is 425 g/mol. The highest BCUT2D eigenvalue weighted by Crippen LogP contribution is 2.16. The molecule has 1 aromatic carbocycles. The van der Waals surface area contributed by atoms with Crippen LogP contribution in [-0.2, 0) is 16.1 Å². The van der Waals surface area contributed by atoms with E-state index in [9.17, 15) is 9.59 Å². The maximum atomic E-state index is 12.3. The minimum absolute atomic E-state index is 0. The molecule has 29 heavy (non-hydrogen) atoms. The van der Waals surface area contributed by atoms with E-state index in [0.29, 0.717) is 25.6 Å². The van der Waals surface area contributed by atoms with Gasteiger partial charge < -0.3 is 20.7 Å². The van der Waals surface area contributed by atoms with Gasteiger partial charge in [-0.2, -0.15) is 0 Å². The fraction of sp³-hybridized carbons (Fsp3) is 0.619. The standard InChI is InChI=1S/C21H32N4O3.ClH/c1-28-18-8-6-16(7-9-18)12-23-20(26)15-25-11-3-4-17(14-25)13-24-21(27)19-5-2-10-22-19;/h6-9,17,19,22H,2-5,10-15H2,1H3,(H,23,26)(H,24,27);1H. The van der Waals surface area contributed by atoms with E-state index in [1.807, 2.05) is 24.3 Å². The third-order valence-corrected chi connectivity index (χ3v) is 5.56. The van der Waals surface area contributed by atoms with E-state index >= 15 is 0 Å². The Morgan fingerprint density at radius 3 is 2.66 bits per heavy atom. The summed E-state index contributed by atoms with van der Waals surface area (Å²) >= 11 is 0. The van der Waals surface area contributed by atoms with E-state index < -0.39 is 0 Å². The van der Waals surface area contributed by atoms with Gasteiger partial charge in [0.15, 0.2) is 0 Å². The third kappa shape index (κ3) is 7.49. The van der Waals surface area contributed by atoms with Crippen molar-refractivity contribution in [3.05, 3.63) is 29.8 Å². The van der Waals surface area contributed by atoms with Crippen LogP contribution in [0.5, 0.6) is 5.75 Å². The summed E-state index contributed by atoms with van der Waals surface area (Å²) in [6.45, 7) is 4.34. The highest BCUT2D eigenvalue weighted by atomic mass is 35.5. The van der Waals surface area contributed by atoms with Gasteiger partial charge in [0, 0.05) is 19.6 Å². The first-order valence-corrected chi connectivity index (χ1v) is 10.3. The molecule has 0 bridgehead atoms. The molecule has 0 radical (unpaired) electrons. The van der Waals surface area contributed by atoms with Gasteiger partial charge >= 0.3 is 0 Å². The van der Waals surface area contributed by atoms with Gasteiger partial charge in [-0.1, -0.05) is 12.1 Å². The summed E-state index contributed by atoms with van der Waals surface area (Å²) in [6, 6.07) is 7.68. The molecule has 2 atom stereocenters. The Labute approximate surface area is 179 Å². The second-order valence-electron chi connectivity index (χ2n) is 7.76. The second kappa shape index (κ2) is 12.0. The van der Waals surface area contributed by atoms with Crippen LogP contribution in [0.25, 0.3) is 0 Å². The SMILES string of the molecule is COc1ccc(CNC(=O)CN2CCCC(CNC(=O)C3CCCN3)C2)cc1.Cl. The first-order valence-electron chi connectivity index (χ1n) is 10.3. The van der Waals surface area contributed by atoms with Gasteiger partial charge in [-0.3, -0.25) is 14.5 Å². The predicted molar refractivity (Wildman–Crippen MR) is 115 cm³/mol. The molecule has 0 aromatic heterocycles. The van der Waals surface area contributed by atoms with Crippen LogP contribution in [0, 0.1) is 5.92 Å². The number of amides is 2. The molecule has 0 saturated carbocycles. The zero-order chi connectivity index (χ0) is 19.8. The van der Waals surface area contributed by atoms with Crippen LogP contribution < -0.4 is 20.7 Å². The van der Waals surface area contributed by atoms with Crippen LogP contribution in [-0.4, -0.2) is 62.6 Å². The van der Waals surface area contributed by atoms with Crippen molar-refractivity contribution < 1.29 is 14.3 Å². The lowest BCUT2D eigenvalue weighted by molar-refractivity contribution is -0.124. The number of hydrogen-bond donors (Lipinski definition) is 3. The van der Waals surface area contributed by atoms with Crippen LogP contribution in [0.4, 0.5) is 0 Å². The maximum Gasteiger partial charge on any atom is 0.237 e. The summed E-state index contributed by atoms with van der Waals surface area (Å²) in [5.41, 5.74) is 1.05. The number of methoxy groups -OCH3 is 1. The monoisotopic (exact) mass is 424 g/mol. The average Bonchev–Trinajstić information content (AvgIpc) is 3.26. The van der Waals surface area contributed by atoms with E-state index in [4.69, 9.17) is 4.74 Å². The number of nitrogens with zero attached hydrogens (tertiary/aromatic N) is 1. The molecule has 2 aliphatic heterocycles. The summed E-state index contributed by atoms with van der Waals surface area (Å²) in [4.78, 5) is 26.6. The van der Waals surface area contributed by atoms with Gasteiger partial charge in [-0.25, -0.2) is 0 Å². The smallest absolute Gasteiger partial charge is 0.237 e. The highest BCUT2D eigenvalue weighted by Gasteiger charge is 2.25. The van der Waals surface area contributed by atoms with Crippen LogP contribution in [0.2, 0.25) is 0 Å². The Balaban J connectivity index is 0.00000300. The second-order valence-corrected chi connectivity index (χ2v) is 7.76. The first-order chi connectivity index (χ1) is 13.6. The summed E-state index contributed by atoms with van der Waals surface area (Å²) in [5.74, 6) is 1.38. The molecule has 1 aromatic rings. The summed E-state index contributed by atoms with van der Waals surface area (Å²) in [6.07, 6.45) is 4.16. The molecule has 3 N–H and O–H groups in total. The Kier molecular flexibility index (Phi) is 9.70. The number of piperidine rings is 1. The Morgan fingerprint density at radius 2 is 1.97 bits per heavy atom. The van der Waals surface area contributed by atoms with Crippen molar-refractivity contribution in [3.63, 3.8) is 0 Å². The number of nitrogens with one attached hydrogen (secondary N) is 3. The third-order valence-electron chi connectivity index (χ3n) is 5.56.